The van der Waals surface area contributed by atoms with Gasteiger partial charge in [0.1, 0.15) is 5.69 Å². The van der Waals surface area contributed by atoms with Crippen LogP contribution < -0.4 is 10.6 Å². The van der Waals surface area contributed by atoms with Crippen LogP contribution in [0.2, 0.25) is 0 Å². The SMILES string of the molecule is CC(NCc1cccc(C(=O)O)n1)C(=O)NC(C)(C)C. The van der Waals surface area contributed by atoms with E-state index in [1.807, 2.05) is 20.8 Å². The Balaban J connectivity index is 2.56. The summed E-state index contributed by atoms with van der Waals surface area (Å²) in [7, 11) is 0. The zero-order chi connectivity index (χ0) is 15.3. The van der Waals surface area contributed by atoms with Crippen molar-refractivity contribution in [3.05, 3.63) is 29.6 Å². The molecule has 20 heavy (non-hydrogen) atoms. The summed E-state index contributed by atoms with van der Waals surface area (Å²) in [4.78, 5) is 26.7. The molecular weight excluding hydrogens is 258 g/mol. The summed E-state index contributed by atoms with van der Waals surface area (Å²) in [6.45, 7) is 7.82. The van der Waals surface area contributed by atoms with Crippen molar-refractivity contribution in [3.63, 3.8) is 0 Å². The first-order valence-electron chi connectivity index (χ1n) is 6.43. The van der Waals surface area contributed by atoms with Gasteiger partial charge in [-0.15, -0.1) is 0 Å². The molecule has 0 aliphatic rings. The summed E-state index contributed by atoms with van der Waals surface area (Å²) in [5.41, 5.74) is 0.297. The zero-order valence-electron chi connectivity index (χ0n) is 12.2. The van der Waals surface area contributed by atoms with Gasteiger partial charge in [-0.25, -0.2) is 9.78 Å². The third-order valence-corrected chi connectivity index (χ3v) is 2.51. The monoisotopic (exact) mass is 279 g/mol. The third kappa shape index (κ3) is 5.36. The molecule has 0 saturated carbocycles. The molecule has 0 spiro atoms. The van der Waals surface area contributed by atoms with E-state index in [-0.39, 0.29) is 23.2 Å². The van der Waals surface area contributed by atoms with Crippen molar-refractivity contribution in [2.24, 2.45) is 0 Å². The highest BCUT2D eigenvalue weighted by molar-refractivity contribution is 5.85. The maximum atomic E-state index is 11.9. The number of rotatable bonds is 5. The van der Waals surface area contributed by atoms with Gasteiger partial charge in [-0.2, -0.15) is 0 Å². The van der Waals surface area contributed by atoms with Crippen LogP contribution >= 0.6 is 0 Å². The molecule has 1 rings (SSSR count). The molecule has 1 unspecified atom stereocenters. The second-order valence-electron chi connectivity index (χ2n) is 5.66. The Kier molecular flexibility index (Phi) is 5.21. The minimum absolute atomic E-state index is 0.00361. The van der Waals surface area contributed by atoms with Gasteiger partial charge in [-0.05, 0) is 39.8 Å². The van der Waals surface area contributed by atoms with E-state index in [1.165, 1.54) is 6.07 Å². The van der Waals surface area contributed by atoms with E-state index in [0.29, 0.717) is 12.2 Å². The number of hydrogen-bond donors (Lipinski definition) is 3. The van der Waals surface area contributed by atoms with Crippen molar-refractivity contribution >= 4 is 11.9 Å². The Hall–Kier alpha value is -1.95. The van der Waals surface area contributed by atoms with Crippen LogP contribution in [-0.4, -0.2) is 33.5 Å². The van der Waals surface area contributed by atoms with Crippen LogP contribution in [0.25, 0.3) is 0 Å². The fourth-order valence-electron chi connectivity index (χ4n) is 1.53. The van der Waals surface area contributed by atoms with E-state index < -0.39 is 5.97 Å². The lowest BCUT2D eigenvalue weighted by atomic mass is 10.1. The Bertz CT molecular complexity index is 495. The number of aromatic carboxylic acids is 1. The largest absolute Gasteiger partial charge is 0.477 e. The van der Waals surface area contributed by atoms with E-state index in [2.05, 4.69) is 15.6 Å². The first-order chi connectivity index (χ1) is 9.19. The molecule has 0 aliphatic heterocycles. The minimum atomic E-state index is -1.06. The van der Waals surface area contributed by atoms with Crippen molar-refractivity contribution in [1.82, 2.24) is 15.6 Å². The van der Waals surface area contributed by atoms with E-state index in [0.717, 1.165) is 0 Å². The molecule has 0 fully saturated rings. The van der Waals surface area contributed by atoms with Crippen LogP contribution in [0.5, 0.6) is 0 Å². The lowest BCUT2D eigenvalue weighted by Gasteiger charge is -2.23. The minimum Gasteiger partial charge on any atom is -0.477 e. The number of carboxylic acid groups (broad SMARTS) is 1. The highest BCUT2D eigenvalue weighted by Gasteiger charge is 2.18. The van der Waals surface area contributed by atoms with E-state index >= 15 is 0 Å². The molecule has 1 aromatic heterocycles. The fraction of sp³-hybridized carbons (Fsp3) is 0.500. The molecule has 0 bridgehead atoms. The molecule has 110 valence electrons. The van der Waals surface area contributed by atoms with Crippen LogP contribution in [0.15, 0.2) is 18.2 Å². The van der Waals surface area contributed by atoms with Crippen LogP contribution in [0.3, 0.4) is 0 Å². The molecule has 1 heterocycles. The molecule has 0 saturated heterocycles. The van der Waals surface area contributed by atoms with Gasteiger partial charge >= 0.3 is 5.97 Å². The van der Waals surface area contributed by atoms with Gasteiger partial charge in [0.15, 0.2) is 0 Å². The van der Waals surface area contributed by atoms with Crippen LogP contribution in [-0.2, 0) is 11.3 Å². The Morgan fingerprint density at radius 3 is 2.55 bits per heavy atom. The molecule has 1 aromatic rings. The van der Waals surface area contributed by atoms with Crippen molar-refractivity contribution < 1.29 is 14.7 Å². The number of carbonyl (C=O) groups is 2. The maximum absolute atomic E-state index is 11.9. The lowest BCUT2D eigenvalue weighted by molar-refractivity contribution is -0.124. The number of nitrogens with one attached hydrogen (secondary N) is 2. The second kappa shape index (κ2) is 6.47. The van der Waals surface area contributed by atoms with Gasteiger partial charge in [-0.1, -0.05) is 6.07 Å². The molecule has 0 radical (unpaired) electrons. The molecule has 1 atom stereocenters. The van der Waals surface area contributed by atoms with Crippen LogP contribution in [0, 0.1) is 0 Å². The molecule has 3 N–H and O–H groups in total. The number of aromatic nitrogens is 1. The molecule has 0 aliphatic carbocycles. The summed E-state index contributed by atoms with van der Waals surface area (Å²) in [5, 5.41) is 14.7. The Morgan fingerprint density at radius 2 is 2.00 bits per heavy atom. The first kappa shape index (κ1) is 16.1. The van der Waals surface area contributed by atoms with Crippen LogP contribution in [0.4, 0.5) is 0 Å². The maximum Gasteiger partial charge on any atom is 0.354 e. The fourth-order valence-corrected chi connectivity index (χ4v) is 1.53. The second-order valence-corrected chi connectivity index (χ2v) is 5.66. The van der Waals surface area contributed by atoms with Crippen LogP contribution in [0.1, 0.15) is 43.9 Å². The number of amides is 1. The zero-order valence-corrected chi connectivity index (χ0v) is 12.2. The highest BCUT2D eigenvalue weighted by Crippen LogP contribution is 2.02. The summed E-state index contributed by atoms with van der Waals surface area (Å²) in [6, 6.07) is 4.40. The van der Waals surface area contributed by atoms with Gasteiger partial charge in [-0.3, -0.25) is 4.79 Å². The predicted octanol–water partition coefficient (Wildman–Crippen LogP) is 1.17. The van der Waals surface area contributed by atoms with Gasteiger partial charge in [0.25, 0.3) is 0 Å². The number of carbonyl (C=O) groups excluding carboxylic acids is 1. The lowest BCUT2D eigenvalue weighted by Crippen LogP contribution is -2.49. The summed E-state index contributed by atoms with van der Waals surface area (Å²) in [6.07, 6.45) is 0. The summed E-state index contributed by atoms with van der Waals surface area (Å²) >= 11 is 0. The molecular formula is C14H21N3O3. The van der Waals surface area contributed by atoms with Crippen molar-refractivity contribution in [1.29, 1.82) is 0 Å². The standard InChI is InChI=1S/C14H21N3O3/c1-9(12(18)17-14(2,3)4)15-8-10-6-5-7-11(16-10)13(19)20/h5-7,9,15H,8H2,1-4H3,(H,17,18)(H,19,20). The quantitative estimate of drug-likeness (QED) is 0.752. The number of nitrogens with zero attached hydrogens (tertiary/aromatic N) is 1. The normalized spacial score (nSPS) is 12.8. The van der Waals surface area contributed by atoms with E-state index in [4.69, 9.17) is 5.11 Å². The smallest absolute Gasteiger partial charge is 0.354 e. The van der Waals surface area contributed by atoms with Crippen molar-refractivity contribution in [2.45, 2.75) is 45.8 Å². The van der Waals surface area contributed by atoms with Gasteiger partial charge < -0.3 is 15.7 Å². The van der Waals surface area contributed by atoms with Gasteiger partial charge in [0, 0.05) is 12.1 Å². The highest BCUT2D eigenvalue weighted by atomic mass is 16.4. The number of pyridine rings is 1. The van der Waals surface area contributed by atoms with E-state index in [9.17, 15) is 9.59 Å². The van der Waals surface area contributed by atoms with Gasteiger partial charge in [0.05, 0.1) is 11.7 Å². The predicted molar refractivity (Wildman–Crippen MR) is 75.4 cm³/mol. The number of hydrogen-bond acceptors (Lipinski definition) is 4. The van der Waals surface area contributed by atoms with Gasteiger partial charge in [0.2, 0.25) is 5.91 Å². The average Bonchev–Trinajstić information content (AvgIpc) is 2.34. The molecule has 0 aromatic carbocycles. The van der Waals surface area contributed by atoms with E-state index in [1.54, 1.807) is 19.1 Å². The van der Waals surface area contributed by atoms with Crippen molar-refractivity contribution in [3.8, 4) is 0 Å². The average molecular weight is 279 g/mol. The number of carboxylic acids is 1. The van der Waals surface area contributed by atoms with Crippen molar-refractivity contribution in [2.75, 3.05) is 0 Å². The Labute approximate surface area is 118 Å². The topological polar surface area (TPSA) is 91.3 Å². The molecule has 6 nitrogen and oxygen atoms in total. The third-order valence-electron chi connectivity index (χ3n) is 2.51. The summed E-state index contributed by atoms with van der Waals surface area (Å²) < 4.78 is 0. The Morgan fingerprint density at radius 1 is 1.35 bits per heavy atom. The molecule has 1 amide bonds. The summed E-state index contributed by atoms with van der Waals surface area (Å²) in [5.74, 6) is -1.17. The first-order valence-corrected chi connectivity index (χ1v) is 6.43. The molecule has 6 heteroatoms.